The van der Waals surface area contributed by atoms with Crippen LogP contribution in [0.3, 0.4) is 0 Å². The van der Waals surface area contributed by atoms with Gasteiger partial charge in [0.1, 0.15) is 5.82 Å². The maximum atomic E-state index is 13.2. The smallest absolute Gasteiger partial charge is 0.223 e. The van der Waals surface area contributed by atoms with Gasteiger partial charge in [-0.25, -0.2) is 4.39 Å². The van der Waals surface area contributed by atoms with E-state index < -0.39 is 0 Å². The van der Waals surface area contributed by atoms with E-state index in [2.05, 4.69) is 5.32 Å². The van der Waals surface area contributed by atoms with Gasteiger partial charge in [0.25, 0.3) is 0 Å². The van der Waals surface area contributed by atoms with Crippen LogP contribution in [0.4, 0.5) is 4.39 Å². The Morgan fingerprint density at radius 2 is 2.06 bits per heavy atom. The molecular formula is C15H20FNO. The van der Waals surface area contributed by atoms with Gasteiger partial charge in [0, 0.05) is 5.92 Å². The van der Waals surface area contributed by atoms with Gasteiger partial charge >= 0.3 is 0 Å². The third-order valence-electron chi connectivity index (χ3n) is 3.85. The maximum Gasteiger partial charge on any atom is 0.223 e. The summed E-state index contributed by atoms with van der Waals surface area (Å²) in [5.74, 6) is -0.0756. The molecule has 0 atom stereocenters. The van der Waals surface area contributed by atoms with Crippen LogP contribution in [0.25, 0.3) is 0 Å². The van der Waals surface area contributed by atoms with Crippen molar-refractivity contribution in [1.82, 2.24) is 5.32 Å². The average Bonchev–Trinajstić information content (AvgIpc) is 3.11. The van der Waals surface area contributed by atoms with Gasteiger partial charge in [-0.05, 0) is 43.4 Å². The molecule has 0 aliphatic heterocycles. The molecule has 0 unspecified atom stereocenters. The van der Waals surface area contributed by atoms with Gasteiger partial charge in [-0.15, -0.1) is 0 Å². The molecule has 0 spiro atoms. The number of halogens is 1. The molecule has 1 aliphatic carbocycles. The van der Waals surface area contributed by atoms with Gasteiger partial charge in [0.2, 0.25) is 5.91 Å². The molecule has 0 bridgehead atoms. The maximum absolute atomic E-state index is 13.2. The van der Waals surface area contributed by atoms with Gasteiger partial charge in [-0.1, -0.05) is 26.0 Å². The SMILES string of the molecule is CCC(CC)C(=O)NC1(c2cccc(F)c2)CC1. The molecule has 98 valence electrons. The summed E-state index contributed by atoms with van der Waals surface area (Å²) in [5, 5.41) is 3.11. The lowest BCUT2D eigenvalue weighted by Gasteiger charge is -2.21. The first-order valence-corrected chi connectivity index (χ1v) is 6.69. The zero-order valence-electron chi connectivity index (χ0n) is 11.0. The first-order chi connectivity index (χ1) is 8.61. The van der Waals surface area contributed by atoms with E-state index >= 15 is 0 Å². The molecular weight excluding hydrogens is 229 g/mol. The normalized spacial score (nSPS) is 16.7. The number of amides is 1. The van der Waals surface area contributed by atoms with Crippen LogP contribution in [-0.4, -0.2) is 5.91 Å². The van der Waals surface area contributed by atoms with E-state index in [-0.39, 0.29) is 23.2 Å². The zero-order valence-corrected chi connectivity index (χ0v) is 11.0. The van der Waals surface area contributed by atoms with Crippen LogP contribution in [-0.2, 0) is 10.3 Å². The third-order valence-corrected chi connectivity index (χ3v) is 3.85. The fourth-order valence-electron chi connectivity index (χ4n) is 2.39. The van der Waals surface area contributed by atoms with Gasteiger partial charge < -0.3 is 5.32 Å². The predicted octanol–water partition coefficient (Wildman–Crippen LogP) is 3.37. The number of carbonyl (C=O) groups excluding carboxylic acids is 1. The van der Waals surface area contributed by atoms with Crippen LogP contribution in [0.5, 0.6) is 0 Å². The number of nitrogens with one attached hydrogen (secondary N) is 1. The standard InChI is InChI=1S/C15H20FNO/c1-3-11(4-2)14(18)17-15(8-9-15)12-6-5-7-13(16)10-12/h5-7,10-11H,3-4,8-9H2,1-2H3,(H,17,18). The van der Waals surface area contributed by atoms with Crippen molar-refractivity contribution in [2.45, 2.75) is 45.1 Å². The van der Waals surface area contributed by atoms with Crippen molar-refractivity contribution >= 4 is 5.91 Å². The van der Waals surface area contributed by atoms with Crippen molar-refractivity contribution in [3.63, 3.8) is 0 Å². The summed E-state index contributed by atoms with van der Waals surface area (Å²) >= 11 is 0. The lowest BCUT2D eigenvalue weighted by atomic mass is 9.99. The number of hydrogen-bond acceptors (Lipinski definition) is 1. The molecule has 18 heavy (non-hydrogen) atoms. The van der Waals surface area contributed by atoms with Crippen LogP contribution in [0.1, 0.15) is 45.1 Å². The Morgan fingerprint density at radius 3 is 2.56 bits per heavy atom. The highest BCUT2D eigenvalue weighted by atomic mass is 19.1. The van der Waals surface area contributed by atoms with Crippen molar-refractivity contribution in [2.75, 3.05) is 0 Å². The zero-order chi connectivity index (χ0) is 13.2. The van der Waals surface area contributed by atoms with Gasteiger partial charge in [-0.3, -0.25) is 4.79 Å². The van der Waals surface area contributed by atoms with Crippen molar-refractivity contribution in [2.24, 2.45) is 5.92 Å². The van der Waals surface area contributed by atoms with E-state index in [0.717, 1.165) is 31.2 Å². The first kappa shape index (κ1) is 13.1. The molecule has 2 rings (SSSR count). The van der Waals surface area contributed by atoms with E-state index in [1.165, 1.54) is 12.1 Å². The molecule has 0 radical (unpaired) electrons. The fraction of sp³-hybridized carbons (Fsp3) is 0.533. The van der Waals surface area contributed by atoms with Gasteiger partial charge in [0.05, 0.1) is 5.54 Å². The second-order valence-corrected chi connectivity index (χ2v) is 5.10. The Bertz CT molecular complexity index is 436. The number of hydrogen-bond donors (Lipinski definition) is 1. The van der Waals surface area contributed by atoms with Gasteiger partial charge in [0.15, 0.2) is 0 Å². The summed E-state index contributed by atoms with van der Waals surface area (Å²) in [5.41, 5.74) is 0.587. The second kappa shape index (κ2) is 5.09. The number of rotatable bonds is 5. The minimum absolute atomic E-state index is 0.0658. The van der Waals surface area contributed by atoms with Crippen molar-refractivity contribution in [3.05, 3.63) is 35.6 Å². The van der Waals surface area contributed by atoms with Crippen LogP contribution < -0.4 is 5.32 Å². The summed E-state index contributed by atoms with van der Waals surface area (Å²) in [6.07, 6.45) is 3.51. The molecule has 1 aliphatic rings. The summed E-state index contributed by atoms with van der Waals surface area (Å²) in [6.45, 7) is 4.05. The van der Waals surface area contributed by atoms with Crippen LogP contribution in [0, 0.1) is 11.7 Å². The topological polar surface area (TPSA) is 29.1 Å². The van der Waals surface area contributed by atoms with Crippen LogP contribution in [0.2, 0.25) is 0 Å². The molecule has 0 aromatic heterocycles. The summed E-state index contributed by atoms with van der Waals surface area (Å²) in [6, 6.07) is 6.56. The van der Waals surface area contributed by atoms with Crippen LogP contribution >= 0.6 is 0 Å². The highest BCUT2D eigenvalue weighted by Crippen LogP contribution is 2.45. The molecule has 1 N–H and O–H groups in total. The largest absolute Gasteiger partial charge is 0.346 e. The Balaban J connectivity index is 2.11. The van der Waals surface area contributed by atoms with Crippen molar-refractivity contribution in [3.8, 4) is 0 Å². The number of carbonyl (C=O) groups is 1. The Kier molecular flexibility index (Phi) is 3.69. The van der Waals surface area contributed by atoms with E-state index in [4.69, 9.17) is 0 Å². The van der Waals surface area contributed by atoms with E-state index in [0.29, 0.717) is 0 Å². The van der Waals surface area contributed by atoms with Crippen molar-refractivity contribution < 1.29 is 9.18 Å². The molecule has 0 saturated heterocycles. The first-order valence-electron chi connectivity index (χ1n) is 6.69. The molecule has 0 heterocycles. The lowest BCUT2D eigenvalue weighted by Crippen LogP contribution is -2.38. The van der Waals surface area contributed by atoms with E-state index in [9.17, 15) is 9.18 Å². The predicted molar refractivity (Wildman–Crippen MR) is 69.5 cm³/mol. The van der Waals surface area contributed by atoms with E-state index in [1.54, 1.807) is 6.07 Å². The lowest BCUT2D eigenvalue weighted by molar-refractivity contribution is -0.126. The quantitative estimate of drug-likeness (QED) is 0.851. The summed E-state index contributed by atoms with van der Waals surface area (Å²) < 4.78 is 13.2. The molecule has 3 heteroatoms. The van der Waals surface area contributed by atoms with E-state index in [1.807, 2.05) is 19.9 Å². The number of benzene rings is 1. The highest BCUT2D eigenvalue weighted by Gasteiger charge is 2.46. The molecule has 1 amide bonds. The Hall–Kier alpha value is -1.38. The fourth-order valence-corrected chi connectivity index (χ4v) is 2.39. The monoisotopic (exact) mass is 249 g/mol. The average molecular weight is 249 g/mol. The molecule has 2 nitrogen and oxygen atoms in total. The second-order valence-electron chi connectivity index (χ2n) is 5.10. The van der Waals surface area contributed by atoms with Crippen LogP contribution in [0.15, 0.2) is 24.3 Å². The molecule has 1 aromatic rings. The Labute approximate surface area is 108 Å². The molecule has 1 aromatic carbocycles. The van der Waals surface area contributed by atoms with Crippen molar-refractivity contribution in [1.29, 1.82) is 0 Å². The Morgan fingerprint density at radius 1 is 1.39 bits per heavy atom. The minimum Gasteiger partial charge on any atom is -0.346 e. The minimum atomic E-state index is -0.304. The molecule has 1 fully saturated rings. The summed E-state index contributed by atoms with van der Waals surface area (Å²) in [4.78, 5) is 12.1. The molecule has 1 saturated carbocycles. The summed E-state index contributed by atoms with van der Waals surface area (Å²) in [7, 11) is 0. The van der Waals surface area contributed by atoms with Gasteiger partial charge in [-0.2, -0.15) is 0 Å². The third kappa shape index (κ3) is 2.55. The highest BCUT2D eigenvalue weighted by molar-refractivity contribution is 5.80.